The van der Waals surface area contributed by atoms with E-state index in [1.165, 1.54) is 5.56 Å². The van der Waals surface area contributed by atoms with Crippen molar-refractivity contribution in [2.24, 2.45) is 0 Å². The van der Waals surface area contributed by atoms with Gasteiger partial charge >= 0.3 is 0 Å². The Hall–Kier alpha value is -1.85. The molecule has 0 bridgehead atoms. The third kappa shape index (κ3) is 4.86. The molecule has 0 aliphatic heterocycles. The second kappa shape index (κ2) is 9.23. The lowest BCUT2D eigenvalue weighted by Crippen LogP contribution is -2.31. The Balaban J connectivity index is 0.00000242. The topological polar surface area (TPSA) is 58.9 Å². The van der Waals surface area contributed by atoms with E-state index in [9.17, 15) is 4.79 Å². The van der Waals surface area contributed by atoms with Crippen molar-refractivity contribution >= 4 is 18.3 Å². The lowest BCUT2D eigenvalue weighted by atomic mass is 10.2. The molecule has 0 aliphatic rings. The van der Waals surface area contributed by atoms with Gasteiger partial charge in [0.25, 0.3) is 5.91 Å². The summed E-state index contributed by atoms with van der Waals surface area (Å²) < 4.78 is 1.86. The van der Waals surface area contributed by atoms with Crippen molar-refractivity contribution in [3.05, 3.63) is 53.3 Å². The highest BCUT2D eigenvalue weighted by molar-refractivity contribution is 5.95. The zero-order chi connectivity index (χ0) is 15.1. The van der Waals surface area contributed by atoms with Crippen molar-refractivity contribution < 1.29 is 4.79 Å². The van der Waals surface area contributed by atoms with Gasteiger partial charge in [-0.1, -0.05) is 37.3 Å². The molecule has 2 aromatic rings. The van der Waals surface area contributed by atoms with Crippen molar-refractivity contribution in [3.63, 3.8) is 0 Å². The average Bonchev–Trinajstić information content (AvgIpc) is 2.86. The Morgan fingerprint density at radius 3 is 2.64 bits per heavy atom. The van der Waals surface area contributed by atoms with Gasteiger partial charge in [0.05, 0.1) is 18.3 Å². The summed E-state index contributed by atoms with van der Waals surface area (Å²) in [5.41, 5.74) is 2.70. The standard InChI is InChI=1S/C16H22N4O.ClH/c1-3-17-9-10-18-16(21)15-11-19-20(13(15)2)12-14-7-5-4-6-8-14;/h4-8,11,17H,3,9-10,12H2,1-2H3,(H,18,21);1H. The third-order valence-corrected chi connectivity index (χ3v) is 3.36. The minimum atomic E-state index is -0.0651. The summed E-state index contributed by atoms with van der Waals surface area (Å²) in [5, 5.41) is 10.4. The number of aromatic nitrogens is 2. The maximum absolute atomic E-state index is 12.1. The molecular weight excluding hydrogens is 300 g/mol. The highest BCUT2D eigenvalue weighted by atomic mass is 35.5. The smallest absolute Gasteiger partial charge is 0.254 e. The number of amides is 1. The van der Waals surface area contributed by atoms with E-state index in [0.717, 1.165) is 18.8 Å². The second-order valence-corrected chi connectivity index (χ2v) is 4.90. The van der Waals surface area contributed by atoms with Crippen molar-refractivity contribution in [1.29, 1.82) is 0 Å². The van der Waals surface area contributed by atoms with Crippen LogP contribution in [-0.2, 0) is 6.54 Å². The van der Waals surface area contributed by atoms with Crippen LogP contribution in [0.3, 0.4) is 0 Å². The Morgan fingerprint density at radius 1 is 1.23 bits per heavy atom. The third-order valence-electron chi connectivity index (χ3n) is 3.36. The molecular formula is C16H23ClN4O. The van der Waals surface area contributed by atoms with Gasteiger partial charge in [0.15, 0.2) is 0 Å². The predicted molar refractivity (Wildman–Crippen MR) is 90.6 cm³/mol. The minimum Gasteiger partial charge on any atom is -0.351 e. The number of nitrogens with one attached hydrogen (secondary N) is 2. The molecule has 0 spiro atoms. The molecule has 6 heteroatoms. The molecule has 0 fully saturated rings. The summed E-state index contributed by atoms with van der Waals surface area (Å²) in [5.74, 6) is -0.0651. The second-order valence-electron chi connectivity index (χ2n) is 4.90. The lowest BCUT2D eigenvalue weighted by molar-refractivity contribution is 0.0953. The molecule has 22 heavy (non-hydrogen) atoms. The number of likely N-dealkylation sites (N-methyl/N-ethyl adjacent to an activating group) is 1. The van der Waals surface area contributed by atoms with Crippen LogP contribution < -0.4 is 10.6 Å². The Bertz CT molecular complexity index is 583. The fourth-order valence-electron chi connectivity index (χ4n) is 2.12. The van der Waals surface area contributed by atoms with E-state index in [2.05, 4.69) is 27.9 Å². The fourth-order valence-corrected chi connectivity index (χ4v) is 2.12. The number of nitrogens with zero attached hydrogens (tertiary/aromatic N) is 2. The van der Waals surface area contributed by atoms with Crippen LogP contribution in [0.5, 0.6) is 0 Å². The van der Waals surface area contributed by atoms with Gasteiger partial charge in [-0.2, -0.15) is 5.10 Å². The molecule has 1 aromatic carbocycles. The van der Waals surface area contributed by atoms with E-state index >= 15 is 0 Å². The van der Waals surface area contributed by atoms with Crippen LogP contribution in [0, 0.1) is 6.92 Å². The number of hydrogen-bond donors (Lipinski definition) is 2. The average molecular weight is 323 g/mol. The van der Waals surface area contributed by atoms with Crippen molar-refractivity contribution in [2.75, 3.05) is 19.6 Å². The van der Waals surface area contributed by atoms with Gasteiger partial charge in [0, 0.05) is 18.8 Å². The van der Waals surface area contributed by atoms with Gasteiger partial charge in [-0.25, -0.2) is 0 Å². The largest absolute Gasteiger partial charge is 0.351 e. The molecule has 2 N–H and O–H groups in total. The number of rotatable bonds is 7. The van der Waals surface area contributed by atoms with E-state index < -0.39 is 0 Å². The van der Waals surface area contributed by atoms with Gasteiger partial charge in [0.1, 0.15) is 0 Å². The molecule has 120 valence electrons. The van der Waals surface area contributed by atoms with Crippen LogP contribution in [0.2, 0.25) is 0 Å². The number of halogens is 1. The van der Waals surface area contributed by atoms with Crippen LogP contribution in [0.15, 0.2) is 36.5 Å². The van der Waals surface area contributed by atoms with Crippen molar-refractivity contribution in [2.45, 2.75) is 20.4 Å². The zero-order valence-electron chi connectivity index (χ0n) is 13.0. The van der Waals surface area contributed by atoms with Gasteiger partial charge in [-0.05, 0) is 19.0 Å². The van der Waals surface area contributed by atoms with E-state index in [1.54, 1.807) is 6.20 Å². The highest BCUT2D eigenvalue weighted by Crippen LogP contribution is 2.10. The summed E-state index contributed by atoms with van der Waals surface area (Å²) in [4.78, 5) is 12.1. The van der Waals surface area contributed by atoms with Crippen LogP contribution >= 0.6 is 12.4 Å². The number of hydrogen-bond acceptors (Lipinski definition) is 3. The van der Waals surface area contributed by atoms with Crippen LogP contribution in [-0.4, -0.2) is 35.3 Å². The number of carbonyl (C=O) groups is 1. The van der Waals surface area contributed by atoms with Gasteiger partial charge in [-0.15, -0.1) is 12.4 Å². The molecule has 0 aliphatic carbocycles. The summed E-state index contributed by atoms with van der Waals surface area (Å²) in [7, 11) is 0. The Morgan fingerprint density at radius 2 is 1.95 bits per heavy atom. The molecule has 0 atom stereocenters. The minimum absolute atomic E-state index is 0. The highest BCUT2D eigenvalue weighted by Gasteiger charge is 2.13. The summed E-state index contributed by atoms with van der Waals surface area (Å²) in [6.45, 7) is 6.95. The van der Waals surface area contributed by atoms with Crippen LogP contribution in [0.25, 0.3) is 0 Å². The first-order chi connectivity index (χ1) is 10.2. The van der Waals surface area contributed by atoms with Crippen molar-refractivity contribution in [1.82, 2.24) is 20.4 Å². The monoisotopic (exact) mass is 322 g/mol. The molecule has 1 aromatic heterocycles. The summed E-state index contributed by atoms with van der Waals surface area (Å²) in [6.07, 6.45) is 1.64. The van der Waals surface area contributed by atoms with E-state index in [4.69, 9.17) is 0 Å². The maximum Gasteiger partial charge on any atom is 0.254 e. The van der Waals surface area contributed by atoms with E-state index in [1.807, 2.05) is 36.7 Å². The van der Waals surface area contributed by atoms with Crippen molar-refractivity contribution in [3.8, 4) is 0 Å². The predicted octanol–water partition coefficient (Wildman–Crippen LogP) is 2.00. The number of benzene rings is 1. The molecule has 0 radical (unpaired) electrons. The quantitative estimate of drug-likeness (QED) is 0.767. The molecule has 0 saturated heterocycles. The molecule has 0 saturated carbocycles. The molecule has 5 nitrogen and oxygen atoms in total. The van der Waals surface area contributed by atoms with Gasteiger partial charge < -0.3 is 10.6 Å². The first kappa shape index (κ1) is 18.2. The summed E-state index contributed by atoms with van der Waals surface area (Å²) in [6, 6.07) is 10.1. The van der Waals surface area contributed by atoms with Crippen LogP contribution in [0.1, 0.15) is 28.5 Å². The fraction of sp³-hybridized carbons (Fsp3) is 0.375. The van der Waals surface area contributed by atoms with Crippen LogP contribution in [0.4, 0.5) is 0 Å². The molecule has 1 heterocycles. The first-order valence-electron chi connectivity index (χ1n) is 7.27. The SMILES string of the molecule is CCNCCNC(=O)c1cnn(Cc2ccccc2)c1C.Cl. The van der Waals surface area contributed by atoms with E-state index in [0.29, 0.717) is 18.7 Å². The molecule has 0 unspecified atom stereocenters. The Labute approximate surface area is 137 Å². The van der Waals surface area contributed by atoms with Gasteiger partial charge in [-0.3, -0.25) is 9.48 Å². The normalized spacial score (nSPS) is 10.1. The maximum atomic E-state index is 12.1. The van der Waals surface area contributed by atoms with E-state index in [-0.39, 0.29) is 18.3 Å². The first-order valence-corrected chi connectivity index (χ1v) is 7.27. The summed E-state index contributed by atoms with van der Waals surface area (Å²) >= 11 is 0. The van der Waals surface area contributed by atoms with Gasteiger partial charge in [0.2, 0.25) is 0 Å². The zero-order valence-corrected chi connectivity index (χ0v) is 13.8. The molecule has 2 rings (SSSR count). The Kier molecular flexibility index (Phi) is 7.63. The molecule has 1 amide bonds. The number of carbonyl (C=O) groups excluding carboxylic acids is 1. The lowest BCUT2D eigenvalue weighted by Gasteiger charge is -2.07.